The maximum atomic E-state index is 12.4. The monoisotopic (exact) mass is 499 g/mol. The molecule has 0 bridgehead atoms. The van der Waals surface area contributed by atoms with Gasteiger partial charge in [0.2, 0.25) is 0 Å². The summed E-state index contributed by atoms with van der Waals surface area (Å²) in [6.45, 7) is 9.99. The molecule has 2 N–H and O–H groups in total. The molecule has 2 unspecified atom stereocenters. The second kappa shape index (κ2) is 10.6. The molecular formula is C33H41NO3. The molecule has 2 heterocycles. The number of ether oxygens (including phenoxy) is 1. The summed E-state index contributed by atoms with van der Waals surface area (Å²) in [6, 6.07) is 24.6. The molecule has 5 rings (SSSR count). The highest BCUT2D eigenvalue weighted by atomic mass is 16.5. The van der Waals surface area contributed by atoms with Crippen molar-refractivity contribution in [2.45, 2.75) is 70.2 Å². The molecule has 0 aliphatic carbocycles. The number of aliphatic hydroxyl groups is 2. The second-order valence-corrected chi connectivity index (χ2v) is 11.9. The van der Waals surface area contributed by atoms with Gasteiger partial charge >= 0.3 is 0 Å². The molecule has 0 aromatic heterocycles. The van der Waals surface area contributed by atoms with Crippen molar-refractivity contribution in [3.05, 3.63) is 101 Å². The summed E-state index contributed by atoms with van der Waals surface area (Å²) in [4.78, 5) is 2.49. The molecule has 0 radical (unpaired) electrons. The van der Waals surface area contributed by atoms with Crippen molar-refractivity contribution in [2.75, 3.05) is 19.6 Å². The summed E-state index contributed by atoms with van der Waals surface area (Å²) in [5.74, 6) is 0.910. The normalized spacial score (nSPS) is 21.4. The van der Waals surface area contributed by atoms with Gasteiger partial charge in [0.1, 0.15) is 18.0 Å². The molecule has 1 fully saturated rings. The Bertz CT molecular complexity index is 1140. The van der Waals surface area contributed by atoms with Gasteiger partial charge < -0.3 is 19.8 Å². The van der Waals surface area contributed by atoms with Gasteiger partial charge in [-0.1, -0.05) is 87.5 Å². The number of likely N-dealkylation sites (tertiary alicyclic amines) is 1. The van der Waals surface area contributed by atoms with Gasteiger partial charge in [-0.2, -0.15) is 0 Å². The van der Waals surface area contributed by atoms with Crippen molar-refractivity contribution in [1.82, 2.24) is 4.90 Å². The van der Waals surface area contributed by atoms with Gasteiger partial charge in [0.15, 0.2) is 0 Å². The van der Waals surface area contributed by atoms with Crippen LogP contribution in [0, 0.1) is 5.92 Å². The van der Waals surface area contributed by atoms with E-state index in [1.165, 1.54) is 5.56 Å². The predicted octanol–water partition coefficient (Wildman–Crippen LogP) is 6.34. The fourth-order valence-corrected chi connectivity index (χ4v) is 6.12. The Morgan fingerprint density at radius 3 is 2.27 bits per heavy atom. The maximum Gasteiger partial charge on any atom is 0.126 e. The molecule has 3 aromatic carbocycles. The van der Waals surface area contributed by atoms with Gasteiger partial charge in [0.25, 0.3) is 0 Å². The smallest absolute Gasteiger partial charge is 0.126 e. The summed E-state index contributed by atoms with van der Waals surface area (Å²) >= 11 is 0. The van der Waals surface area contributed by atoms with Gasteiger partial charge in [-0.05, 0) is 85.0 Å². The van der Waals surface area contributed by atoms with Gasteiger partial charge in [0, 0.05) is 5.56 Å². The first-order valence-electron chi connectivity index (χ1n) is 13.8. The molecule has 4 nitrogen and oxygen atoms in total. The first-order valence-corrected chi connectivity index (χ1v) is 13.8. The fourth-order valence-electron chi connectivity index (χ4n) is 6.12. The van der Waals surface area contributed by atoms with Gasteiger partial charge in [-0.25, -0.2) is 0 Å². The summed E-state index contributed by atoms with van der Waals surface area (Å²) in [6.07, 6.45) is 3.14. The average Bonchev–Trinajstić information content (AvgIpc) is 3.04. The van der Waals surface area contributed by atoms with Crippen LogP contribution in [0.4, 0.5) is 0 Å². The van der Waals surface area contributed by atoms with E-state index in [1.807, 2.05) is 36.4 Å². The van der Waals surface area contributed by atoms with Gasteiger partial charge in [-0.3, -0.25) is 0 Å². The summed E-state index contributed by atoms with van der Waals surface area (Å²) < 4.78 is 6.12. The third kappa shape index (κ3) is 5.34. The number of para-hydroxylation sites is 1. The summed E-state index contributed by atoms with van der Waals surface area (Å²) in [5, 5.41) is 23.1. The Hall–Kier alpha value is -2.66. The van der Waals surface area contributed by atoms with Crippen LogP contribution >= 0.6 is 0 Å². The minimum absolute atomic E-state index is 0.122. The Labute approximate surface area is 221 Å². The minimum atomic E-state index is -1.05. The number of aliphatic hydroxyl groups excluding tert-OH is 1. The Kier molecular flexibility index (Phi) is 7.44. The molecule has 2 aliphatic rings. The maximum absolute atomic E-state index is 12.4. The largest absolute Gasteiger partial charge is 0.488 e. The minimum Gasteiger partial charge on any atom is -0.488 e. The van der Waals surface area contributed by atoms with Crippen molar-refractivity contribution in [3.63, 3.8) is 0 Å². The van der Waals surface area contributed by atoms with E-state index >= 15 is 0 Å². The van der Waals surface area contributed by atoms with Gasteiger partial charge in [0.05, 0.1) is 6.10 Å². The Morgan fingerprint density at radius 2 is 1.57 bits per heavy atom. The van der Waals surface area contributed by atoms with E-state index in [1.54, 1.807) is 0 Å². The standard InChI is InChI=1S/C33H41NO3/c1-32(2,3)26-16-14-24(15-17-26)30(35)12-8-20-34-21-18-27(19-22-34)33(36)28-10-5-4-9-25(28)23-37-31-13-7-6-11-29(31)33/h4-7,9-11,13-17,27,30,35-36H,8,12,18-23H2,1-3H3. The number of hydrogen-bond donors (Lipinski definition) is 2. The molecule has 2 atom stereocenters. The number of hydrogen-bond acceptors (Lipinski definition) is 4. The van der Waals surface area contributed by atoms with E-state index in [4.69, 9.17) is 4.74 Å². The van der Waals surface area contributed by atoms with Gasteiger partial charge in [-0.15, -0.1) is 0 Å². The zero-order valence-electron chi connectivity index (χ0n) is 22.5. The van der Waals surface area contributed by atoms with E-state index in [0.29, 0.717) is 6.61 Å². The van der Waals surface area contributed by atoms with Crippen LogP contribution in [0.1, 0.15) is 80.4 Å². The average molecular weight is 500 g/mol. The highest BCUT2D eigenvalue weighted by molar-refractivity contribution is 5.50. The number of fused-ring (bicyclic) bond motifs is 2. The zero-order chi connectivity index (χ0) is 26.0. The lowest BCUT2D eigenvalue weighted by Gasteiger charge is -2.42. The van der Waals surface area contributed by atoms with Crippen molar-refractivity contribution in [2.24, 2.45) is 5.92 Å². The van der Waals surface area contributed by atoms with E-state index in [0.717, 1.165) is 73.3 Å². The lowest BCUT2D eigenvalue weighted by atomic mass is 9.71. The number of benzene rings is 3. The fraction of sp³-hybridized carbons (Fsp3) is 0.455. The number of nitrogens with zero attached hydrogens (tertiary/aromatic N) is 1. The highest BCUT2D eigenvalue weighted by Crippen LogP contribution is 2.48. The zero-order valence-corrected chi connectivity index (χ0v) is 22.5. The molecule has 2 aliphatic heterocycles. The Balaban J connectivity index is 1.20. The lowest BCUT2D eigenvalue weighted by molar-refractivity contribution is -0.0150. The lowest BCUT2D eigenvalue weighted by Crippen LogP contribution is -2.44. The molecule has 0 spiro atoms. The molecule has 0 amide bonds. The van der Waals surface area contributed by atoms with Crippen molar-refractivity contribution in [3.8, 4) is 5.75 Å². The van der Waals surface area contributed by atoms with E-state index in [9.17, 15) is 10.2 Å². The van der Waals surface area contributed by atoms with E-state index in [-0.39, 0.29) is 11.3 Å². The number of piperidine rings is 1. The van der Waals surface area contributed by atoms with Crippen LogP contribution in [0.3, 0.4) is 0 Å². The molecule has 37 heavy (non-hydrogen) atoms. The van der Waals surface area contributed by atoms with Crippen molar-refractivity contribution >= 4 is 0 Å². The van der Waals surface area contributed by atoms with Crippen molar-refractivity contribution < 1.29 is 14.9 Å². The van der Waals surface area contributed by atoms with Crippen LogP contribution in [-0.2, 0) is 17.6 Å². The molecule has 0 saturated carbocycles. The topological polar surface area (TPSA) is 52.9 Å². The van der Waals surface area contributed by atoms with Crippen LogP contribution in [0.2, 0.25) is 0 Å². The van der Waals surface area contributed by atoms with Crippen LogP contribution in [-0.4, -0.2) is 34.7 Å². The first kappa shape index (κ1) is 26.0. The molecule has 196 valence electrons. The quantitative estimate of drug-likeness (QED) is 0.416. The summed E-state index contributed by atoms with van der Waals surface area (Å²) in [5.41, 5.74) is 4.30. The van der Waals surface area contributed by atoms with Crippen LogP contribution in [0.15, 0.2) is 72.8 Å². The van der Waals surface area contributed by atoms with Crippen LogP contribution in [0.5, 0.6) is 5.75 Å². The van der Waals surface area contributed by atoms with E-state index < -0.39 is 11.7 Å². The van der Waals surface area contributed by atoms with Crippen LogP contribution < -0.4 is 4.74 Å². The van der Waals surface area contributed by atoms with Crippen molar-refractivity contribution in [1.29, 1.82) is 0 Å². The van der Waals surface area contributed by atoms with Crippen LogP contribution in [0.25, 0.3) is 0 Å². The number of rotatable bonds is 6. The third-order valence-corrected chi connectivity index (χ3v) is 8.40. The highest BCUT2D eigenvalue weighted by Gasteiger charge is 2.45. The molecule has 4 heteroatoms. The van der Waals surface area contributed by atoms with E-state index in [2.05, 4.69) is 62.1 Å². The Morgan fingerprint density at radius 1 is 0.919 bits per heavy atom. The SMILES string of the molecule is CC(C)(C)c1ccc(C(O)CCCN2CCC(C3(O)c4ccccc4COc4ccccc43)CC2)cc1. The molecular weight excluding hydrogens is 458 g/mol. The second-order valence-electron chi connectivity index (χ2n) is 11.9. The first-order chi connectivity index (χ1) is 17.8. The third-order valence-electron chi connectivity index (χ3n) is 8.40. The molecule has 3 aromatic rings. The summed E-state index contributed by atoms with van der Waals surface area (Å²) in [7, 11) is 0. The molecule has 1 saturated heterocycles. The predicted molar refractivity (Wildman–Crippen MR) is 149 cm³/mol.